The lowest BCUT2D eigenvalue weighted by Crippen LogP contribution is -2.14. The Balaban J connectivity index is 2.42. The molecule has 1 heterocycles. The van der Waals surface area contributed by atoms with Gasteiger partial charge in [0.1, 0.15) is 0 Å². The molecule has 0 aromatic rings. The van der Waals surface area contributed by atoms with Crippen molar-refractivity contribution in [2.75, 3.05) is 0 Å². The first kappa shape index (κ1) is 6.03. The van der Waals surface area contributed by atoms with E-state index in [2.05, 4.69) is 4.74 Å². The molecule has 5 heteroatoms. The summed E-state index contributed by atoms with van der Waals surface area (Å²) >= 11 is 0. The lowest BCUT2D eigenvalue weighted by Gasteiger charge is -1.78. The number of hydrogen-bond acceptors (Lipinski definition) is 3. The van der Waals surface area contributed by atoms with Crippen LogP contribution in [-0.4, -0.2) is 34.4 Å². The third-order valence-corrected chi connectivity index (χ3v) is 0.978. The minimum Gasteiger partial charge on any atom is -0.479 e. The van der Waals surface area contributed by atoms with Gasteiger partial charge >= 0.3 is 11.9 Å². The van der Waals surface area contributed by atoms with Crippen LogP contribution >= 0.6 is 0 Å². The predicted octanol–water partition coefficient (Wildman–Crippen LogP) is -1.08. The zero-order valence-corrected chi connectivity index (χ0v) is 4.27. The normalized spacial score (nSPS) is 31.6. The summed E-state index contributed by atoms with van der Waals surface area (Å²) in [5.41, 5.74) is 0. The van der Waals surface area contributed by atoms with Gasteiger partial charge < -0.3 is 14.9 Å². The number of rotatable bonds is 2. The smallest absolute Gasteiger partial charge is 0.336 e. The zero-order valence-electron chi connectivity index (χ0n) is 4.27. The van der Waals surface area contributed by atoms with Gasteiger partial charge in [0.05, 0.1) is 0 Å². The molecule has 0 aliphatic carbocycles. The van der Waals surface area contributed by atoms with Gasteiger partial charge in [-0.15, -0.1) is 0 Å². The fourth-order valence-electron chi connectivity index (χ4n) is 0.488. The summed E-state index contributed by atoms with van der Waals surface area (Å²) < 4.78 is 4.24. The van der Waals surface area contributed by atoms with E-state index >= 15 is 0 Å². The summed E-state index contributed by atoms with van der Waals surface area (Å²) in [6, 6.07) is 0. The van der Waals surface area contributed by atoms with Crippen LogP contribution in [0, 0.1) is 0 Å². The van der Waals surface area contributed by atoms with Crippen molar-refractivity contribution in [1.82, 2.24) is 0 Å². The Bertz CT molecular complexity index is 144. The van der Waals surface area contributed by atoms with E-state index in [0.29, 0.717) is 0 Å². The summed E-state index contributed by atoms with van der Waals surface area (Å²) in [4.78, 5) is 19.8. The van der Waals surface area contributed by atoms with Crippen molar-refractivity contribution in [1.29, 1.82) is 0 Å². The lowest BCUT2D eigenvalue weighted by atomic mass is 10.3. The first-order valence-corrected chi connectivity index (χ1v) is 2.24. The molecule has 0 aromatic heterocycles. The highest BCUT2D eigenvalue weighted by Gasteiger charge is 2.50. The Morgan fingerprint density at radius 1 is 1.11 bits per heavy atom. The fourth-order valence-corrected chi connectivity index (χ4v) is 0.488. The Labute approximate surface area is 49.9 Å². The first-order valence-electron chi connectivity index (χ1n) is 2.24. The molecule has 0 aromatic carbocycles. The highest BCUT2D eigenvalue weighted by Crippen LogP contribution is 2.21. The van der Waals surface area contributed by atoms with E-state index < -0.39 is 24.1 Å². The Morgan fingerprint density at radius 2 is 1.44 bits per heavy atom. The van der Waals surface area contributed by atoms with Gasteiger partial charge in [-0.2, -0.15) is 0 Å². The van der Waals surface area contributed by atoms with E-state index in [-0.39, 0.29) is 0 Å². The van der Waals surface area contributed by atoms with Crippen molar-refractivity contribution in [3.63, 3.8) is 0 Å². The molecule has 0 spiro atoms. The van der Waals surface area contributed by atoms with E-state index in [0.717, 1.165) is 0 Å². The van der Waals surface area contributed by atoms with Crippen molar-refractivity contribution in [3.05, 3.63) is 0 Å². The van der Waals surface area contributed by atoms with Crippen LogP contribution in [0.3, 0.4) is 0 Å². The van der Waals surface area contributed by atoms with Crippen LogP contribution in [0.5, 0.6) is 0 Å². The SMILES string of the molecule is O=C(O)[C@@H]1O[C@H]1C(=O)O. The summed E-state index contributed by atoms with van der Waals surface area (Å²) in [5, 5.41) is 16.2. The highest BCUT2D eigenvalue weighted by molar-refractivity contribution is 5.87. The monoisotopic (exact) mass is 132 g/mol. The highest BCUT2D eigenvalue weighted by atomic mass is 16.6. The summed E-state index contributed by atoms with van der Waals surface area (Å²) in [5.74, 6) is -2.44. The van der Waals surface area contributed by atoms with E-state index in [1.165, 1.54) is 0 Å². The van der Waals surface area contributed by atoms with Crippen LogP contribution < -0.4 is 0 Å². The first-order chi connectivity index (χ1) is 4.13. The van der Waals surface area contributed by atoms with Crippen molar-refractivity contribution in [2.45, 2.75) is 12.2 Å². The third-order valence-electron chi connectivity index (χ3n) is 0.978. The molecule has 50 valence electrons. The Morgan fingerprint density at radius 3 is 1.56 bits per heavy atom. The second kappa shape index (κ2) is 1.70. The molecule has 1 fully saturated rings. The number of epoxide rings is 1. The second-order valence-corrected chi connectivity index (χ2v) is 1.65. The molecule has 0 saturated carbocycles. The molecule has 1 saturated heterocycles. The average molecular weight is 132 g/mol. The minimum atomic E-state index is -1.22. The van der Waals surface area contributed by atoms with Gasteiger partial charge in [-0.3, -0.25) is 0 Å². The van der Waals surface area contributed by atoms with Crippen LogP contribution in [0.4, 0.5) is 0 Å². The molecule has 5 nitrogen and oxygen atoms in total. The van der Waals surface area contributed by atoms with Crippen LogP contribution in [0.1, 0.15) is 0 Å². The molecular formula is C4H4O5. The molecular weight excluding hydrogens is 128 g/mol. The number of hydrogen-bond donors (Lipinski definition) is 2. The van der Waals surface area contributed by atoms with E-state index in [1.54, 1.807) is 0 Å². The maximum Gasteiger partial charge on any atom is 0.336 e. The van der Waals surface area contributed by atoms with E-state index in [9.17, 15) is 9.59 Å². The number of carboxylic acid groups (broad SMARTS) is 2. The standard InChI is InChI=1S/C4H4O5/c5-3(6)1-2(9-1)4(7)8/h1-2H,(H,5,6)(H,7,8)/t1-,2-/m1/s1. The number of ether oxygens (including phenoxy) is 1. The van der Waals surface area contributed by atoms with Gasteiger partial charge in [-0.25, -0.2) is 9.59 Å². The minimum absolute atomic E-state index is 1.12. The van der Waals surface area contributed by atoms with Crippen molar-refractivity contribution < 1.29 is 24.5 Å². The summed E-state index contributed by atoms with van der Waals surface area (Å²) in [6.45, 7) is 0. The number of carboxylic acids is 2. The largest absolute Gasteiger partial charge is 0.479 e. The summed E-state index contributed by atoms with van der Waals surface area (Å²) in [6.07, 6.45) is -2.25. The molecule has 0 bridgehead atoms. The Kier molecular flexibility index (Phi) is 1.14. The Hall–Kier alpha value is -1.10. The molecule has 9 heavy (non-hydrogen) atoms. The second-order valence-electron chi connectivity index (χ2n) is 1.65. The molecule has 1 rings (SSSR count). The van der Waals surface area contributed by atoms with Crippen LogP contribution in [0.2, 0.25) is 0 Å². The lowest BCUT2D eigenvalue weighted by molar-refractivity contribution is -0.140. The van der Waals surface area contributed by atoms with Crippen LogP contribution in [-0.2, 0) is 14.3 Å². The average Bonchev–Trinajstić information content (AvgIpc) is 2.39. The van der Waals surface area contributed by atoms with Gasteiger partial charge in [0, 0.05) is 0 Å². The van der Waals surface area contributed by atoms with Crippen LogP contribution in [0.25, 0.3) is 0 Å². The van der Waals surface area contributed by atoms with Gasteiger partial charge in [-0.05, 0) is 0 Å². The molecule has 1 aliphatic heterocycles. The quantitative estimate of drug-likeness (QED) is 0.467. The van der Waals surface area contributed by atoms with Crippen molar-refractivity contribution in [2.24, 2.45) is 0 Å². The van der Waals surface area contributed by atoms with E-state index in [1.807, 2.05) is 0 Å². The predicted molar refractivity (Wildman–Crippen MR) is 23.9 cm³/mol. The van der Waals surface area contributed by atoms with E-state index in [4.69, 9.17) is 10.2 Å². The number of carbonyl (C=O) groups is 2. The summed E-state index contributed by atoms with van der Waals surface area (Å²) in [7, 11) is 0. The van der Waals surface area contributed by atoms with Gasteiger partial charge in [0.15, 0.2) is 12.2 Å². The fraction of sp³-hybridized carbons (Fsp3) is 0.500. The molecule has 0 unspecified atom stereocenters. The topological polar surface area (TPSA) is 87.1 Å². The molecule has 1 aliphatic rings. The number of aliphatic carboxylic acids is 2. The van der Waals surface area contributed by atoms with Gasteiger partial charge in [0.2, 0.25) is 0 Å². The molecule has 0 amide bonds. The molecule has 2 atom stereocenters. The van der Waals surface area contributed by atoms with Gasteiger partial charge in [-0.1, -0.05) is 0 Å². The third kappa shape index (κ3) is 0.996. The van der Waals surface area contributed by atoms with Crippen molar-refractivity contribution in [3.8, 4) is 0 Å². The maximum atomic E-state index is 9.89. The molecule has 2 N–H and O–H groups in total. The zero-order chi connectivity index (χ0) is 7.02. The van der Waals surface area contributed by atoms with Crippen molar-refractivity contribution >= 4 is 11.9 Å². The maximum absolute atomic E-state index is 9.89. The van der Waals surface area contributed by atoms with Crippen LogP contribution in [0.15, 0.2) is 0 Å². The van der Waals surface area contributed by atoms with Gasteiger partial charge in [0.25, 0.3) is 0 Å². The molecule has 0 radical (unpaired) electrons.